The van der Waals surface area contributed by atoms with E-state index in [1.165, 1.54) is 11.5 Å². The molecular formula is C7H13N3OS. The molecule has 1 aromatic rings. The average Bonchev–Trinajstić information content (AvgIpc) is 2.58. The number of rotatable bonds is 4. The summed E-state index contributed by atoms with van der Waals surface area (Å²) in [6.45, 7) is 2.48. The van der Waals surface area contributed by atoms with Gasteiger partial charge in [-0.3, -0.25) is 0 Å². The molecule has 0 aliphatic carbocycles. The molecule has 2 unspecified atom stereocenters. The topological polar surface area (TPSA) is 72.0 Å². The molecule has 1 rings (SSSR count). The summed E-state index contributed by atoms with van der Waals surface area (Å²) < 4.78 is 3.69. The second kappa shape index (κ2) is 4.49. The maximum Gasteiger partial charge on any atom is 0.104 e. The highest BCUT2D eigenvalue weighted by Crippen LogP contribution is 2.22. The van der Waals surface area contributed by atoms with Gasteiger partial charge in [0.15, 0.2) is 0 Å². The van der Waals surface area contributed by atoms with Crippen LogP contribution < -0.4 is 5.73 Å². The summed E-state index contributed by atoms with van der Waals surface area (Å²) in [5.41, 5.74) is 6.12. The molecule has 2 atom stereocenters. The molecule has 0 spiro atoms. The van der Waals surface area contributed by atoms with E-state index in [2.05, 4.69) is 9.59 Å². The first kappa shape index (κ1) is 9.57. The summed E-state index contributed by atoms with van der Waals surface area (Å²) >= 11 is 1.24. The van der Waals surface area contributed by atoms with E-state index in [9.17, 15) is 5.11 Å². The quantitative estimate of drug-likeness (QED) is 0.722. The Hall–Kier alpha value is -0.520. The van der Waals surface area contributed by atoms with E-state index in [0.29, 0.717) is 12.2 Å². The fraction of sp³-hybridized carbons (Fsp3) is 0.714. The lowest BCUT2D eigenvalue weighted by molar-refractivity contribution is 0.106. The van der Waals surface area contributed by atoms with Crippen LogP contribution in [0.1, 0.15) is 25.1 Å². The summed E-state index contributed by atoms with van der Waals surface area (Å²) in [7, 11) is 0. The van der Waals surface area contributed by atoms with Gasteiger partial charge in [0.25, 0.3) is 0 Å². The second-order valence-corrected chi connectivity index (χ2v) is 3.29. The zero-order valence-corrected chi connectivity index (χ0v) is 7.79. The molecule has 0 aliphatic heterocycles. The lowest BCUT2D eigenvalue weighted by Crippen LogP contribution is -2.21. The van der Waals surface area contributed by atoms with Crippen LogP contribution in [-0.2, 0) is 0 Å². The predicted octanol–water partition coefficient (Wildman–Crippen LogP) is 0.556. The highest BCUT2D eigenvalue weighted by atomic mass is 32.1. The number of aliphatic hydroxyl groups excluding tert-OH is 1. The van der Waals surface area contributed by atoms with Gasteiger partial charge in [0.2, 0.25) is 0 Å². The number of hydrogen-bond acceptors (Lipinski definition) is 5. The molecule has 68 valence electrons. The Kier molecular flexibility index (Phi) is 3.58. The third-order valence-corrected chi connectivity index (χ3v) is 2.48. The van der Waals surface area contributed by atoms with Gasteiger partial charge >= 0.3 is 0 Å². The smallest absolute Gasteiger partial charge is 0.104 e. The SMILES string of the molecule is CCC(CN)C(O)c1csnn1. The van der Waals surface area contributed by atoms with Gasteiger partial charge in [-0.15, -0.1) is 5.10 Å². The molecule has 12 heavy (non-hydrogen) atoms. The van der Waals surface area contributed by atoms with Gasteiger partial charge < -0.3 is 10.8 Å². The van der Waals surface area contributed by atoms with Gasteiger partial charge in [-0.25, -0.2) is 0 Å². The average molecular weight is 187 g/mol. The largest absolute Gasteiger partial charge is 0.386 e. The van der Waals surface area contributed by atoms with Crippen molar-refractivity contribution in [2.24, 2.45) is 11.7 Å². The van der Waals surface area contributed by atoms with E-state index in [-0.39, 0.29) is 5.92 Å². The van der Waals surface area contributed by atoms with Crippen LogP contribution in [0.2, 0.25) is 0 Å². The van der Waals surface area contributed by atoms with Crippen molar-refractivity contribution in [3.63, 3.8) is 0 Å². The van der Waals surface area contributed by atoms with Gasteiger partial charge in [-0.05, 0) is 24.5 Å². The van der Waals surface area contributed by atoms with Crippen molar-refractivity contribution in [2.75, 3.05) is 6.54 Å². The summed E-state index contributed by atoms with van der Waals surface area (Å²) in [6.07, 6.45) is 0.300. The van der Waals surface area contributed by atoms with Crippen LogP contribution in [0.5, 0.6) is 0 Å². The molecule has 1 heterocycles. The van der Waals surface area contributed by atoms with E-state index < -0.39 is 6.10 Å². The van der Waals surface area contributed by atoms with Crippen LogP contribution in [0.25, 0.3) is 0 Å². The van der Waals surface area contributed by atoms with Crippen LogP contribution in [0.4, 0.5) is 0 Å². The number of aromatic nitrogens is 2. The number of aliphatic hydroxyl groups is 1. The van der Waals surface area contributed by atoms with Crippen molar-refractivity contribution >= 4 is 11.5 Å². The fourth-order valence-corrected chi connectivity index (χ4v) is 1.54. The van der Waals surface area contributed by atoms with Crippen LogP contribution in [0.15, 0.2) is 5.38 Å². The lowest BCUT2D eigenvalue weighted by Gasteiger charge is -2.16. The van der Waals surface area contributed by atoms with Crippen LogP contribution in [0, 0.1) is 5.92 Å². The van der Waals surface area contributed by atoms with Crippen LogP contribution in [0.3, 0.4) is 0 Å². The third-order valence-electron chi connectivity index (χ3n) is 1.95. The first-order chi connectivity index (χ1) is 5.79. The summed E-state index contributed by atoms with van der Waals surface area (Å²) in [4.78, 5) is 0. The van der Waals surface area contributed by atoms with Crippen molar-refractivity contribution in [1.29, 1.82) is 0 Å². The molecule has 4 nitrogen and oxygen atoms in total. The van der Waals surface area contributed by atoms with Crippen molar-refractivity contribution in [1.82, 2.24) is 9.59 Å². The van der Waals surface area contributed by atoms with Crippen molar-refractivity contribution in [2.45, 2.75) is 19.4 Å². The standard InChI is InChI=1S/C7H13N3OS/c1-2-5(3-8)7(11)6-4-12-10-9-6/h4-5,7,11H,2-3,8H2,1H3. The van der Waals surface area contributed by atoms with Crippen LogP contribution >= 0.6 is 11.5 Å². The van der Waals surface area contributed by atoms with E-state index in [4.69, 9.17) is 5.73 Å². The molecular weight excluding hydrogens is 174 g/mol. The maximum absolute atomic E-state index is 9.69. The van der Waals surface area contributed by atoms with E-state index in [1.54, 1.807) is 5.38 Å². The molecule has 0 saturated carbocycles. The fourth-order valence-electron chi connectivity index (χ4n) is 1.06. The van der Waals surface area contributed by atoms with Gasteiger partial charge in [0.05, 0.1) is 0 Å². The zero-order chi connectivity index (χ0) is 8.97. The number of nitrogens with two attached hydrogens (primary N) is 1. The molecule has 0 amide bonds. The van der Waals surface area contributed by atoms with Gasteiger partial charge in [-0.1, -0.05) is 11.4 Å². The normalized spacial score (nSPS) is 15.9. The maximum atomic E-state index is 9.69. The molecule has 0 bridgehead atoms. The van der Waals surface area contributed by atoms with Gasteiger partial charge in [0, 0.05) is 11.3 Å². The Morgan fingerprint density at radius 3 is 2.92 bits per heavy atom. The number of nitrogens with zero attached hydrogens (tertiary/aromatic N) is 2. The molecule has 0 radical (unpaired) electrons. The minimum atomic E-state index is -0.557. The molecule has 0 aromatic carbocycles. The zero-order valence-electron chi connectivity index (χ0n) is 6.97. The molecule has 1 aromatic heterocycles. The van der Waals surface area contributed by atoms with Crippen molar-refractivity contribution in [3.05, 3.63) is 11.1 Å². The molecule has 0 aliphatic rings. The first-order valence-electron chi connectivity index (χ1n) is 3.94. The van der Waals surface area contributed by atoms with Crippen LogP contribution in [-0.4, -0.2) is 21.2 Å². The third kappa shape index (κ3) is 2.00. The minimum Gasteiger partial charge on any atom is -0.386 e. The second-order valence-electron chi connectivity index (χ2n) is 2.68. The Bertz CT molecular complexity index is 210. The lowest BCUT2D eigenvalue weighted by atomic mass is 9.98. The van der Waals surface area contributed by atoms with Crippen molar-refractivity contribution in [3.8, 4) is 0 Å². The Labute approximate surface area is 75.6 Å². The molecule has 0 saturated heterocycles. The highest BCUT2D eigenvalue weighted by Gasteiger charge is 2.19. The minimum absolute atomic E-state index is 0.0916. The molecule has 0 fully saturated rings. The predicted molar refractivity (Wildman–Crippen MR) is 47.7 cm³/mol. The monoisotopic (exact) mass is 187 g/mol. The summed E-state index contributed by atoms with van der Waals surface area (Å²) in [5.74, 6) is 0.0916. The van der Waals surface area contributed by atoms with Crippen molar-refractivity contribution < 1.29 is 5.11 Å². The van der Waals surface area contributed by atoms with Gasteiger partial charge in [-0.2, -0.15) is 0 Å². The summed E-state index contributed by atoms with van der Waals surface area (Å²) in [5, 5.41) is 15.2. The molecule has 5 heteroatoms. The highest BCUT2D eigenvalue weighted by molar-refractivity contribution is 7.03. The Morgan fingerprint density at radius 2 is 2.50 bits per heavy atom. The Balaban J connectivity index is 2.63. The Morgan fingerprint density at radius 1 is 1.75 bits per heavy atom. The van der Waals surface area contributed by atoms with E-state index in [0.717, 1.165) is 6.42 Å². The number of hydrogen-bond donors (Lipinski definition) is 2. The van der Waals surface area contributed by atoms with E-state index >= 15 is 0 Å². The van der Waals surface area contributed by atoms with E-state index in [1.807, 2.05) is 6.92 Å². The van der Waals surface area contributed by atoms with Gasteiger partial charge in [0.1, 0.15) is 11.8 Å². The summed E-state index contributed by atoms with van der Waals surface area (Å²) in [6, 6.07) is 0. The first-order valence-corrected chi connectivity index (χ1v) is 4.78. The molecule has 3 N–H and O–H groups in total.